The third-order valence-electron chi connectivity index (χ3n) is 6.32. The van der Waals surface area contributed by atoms with Crippen LogP contribution in [0.5, 0.6) is 0 Å². The van der Waals surface area contributed by atoms with Crippen molar-refractivity contribution in [2.24, 2.45) is 11.8 Å². The van der Waals surface area contributed by atoms with Gasteiger partial charge >= 0.3 is 0 Å². The monoisotopic (exact) mass is 369 g/mol. The van der Waals surface area contributed by atoms with Gasteiger partial charge in [-0.15, -0.1) is 11.3 Å². The predicted molar refractivity (Wildman–Crippen MR) is 102 cm³/mol. The van der Waals surface area contributed by atoms with Gasteiger partial charge in [-0.05, 0) is 48.9 Å². The average molecular weight is 369 g/mol. The number of thiophene rings is 1. The first-order valence-electron chi connectivity index (χ1n) is 9.32. The van der Waals surface area contributed by atoms with Crippen molar-refractivity contribution in [3.8, 4) is 0 Å². The molecule has 2 aromatic rings. The Morgan fingerprint density at radius 1 is 1.46 bits per heavy atom. The smallest absolute Gasteiger partial charge is 0.261 e. The zero-order valence-electron chi connectivity index (χ0n) is 14.9. The third-order valence-corrected chi connectivity index (χ3v) is 7.34. The van der Waals surface area contributed by atoms with Gasteiger partial charge in [-0.1, -0.05) is 6.07 Å². The maximum Gasteiger partial charge on any atom is 0.261 e. The summed E-state index contributed by atoms with van der Waals surface area (Å²) in [5.74, 6) is 1.93. The van der Waals surface area contributed by atoms with Crippen LogP contribution in [0.3, 0.4) is 0 Å². The molecule has 3 aliphatic heterocycles. The number of fused-ring (bicyclic) bond motifs is 1. The Labute approximate surface area is 157 Å². The van der Waals surface area contributed by atoms with Crippen LogP contribution in [0.15, 0.2) is 35.8 Å². The van der Waals surface area contributed by atoms with E-state index in [1.807, 2.05) is 36.7 Å². The fourth-order valence-electron chi connectivity index (χ4n) is 5.08. The molecule has 136 valence electrons. The molecule has 6 heteroatoms. The molecule has 0 unspecified atom stereocenters. The Morgan fingerprint density at radius 2 is 2.38 bits per heavy atom. The summed E-state index contributed by atoms with van der Waals surface area (Å²) in [5, 5.41) is 5.15. The fraction of sp³-hybridized carbons (Fsp3) is 0.500. The summed E-state index contributed by atoms with van der Waals surface area (Å²) in [6.07, 6.45) is 4.36. The van der Waals surface area contributed by atoms with Crippen molar-refractivity contribution in [2.75, 3.05) is 24.5 Å². The van der Waals surface area contributed by atoms with Gasteiger partial charge in [0.25, 0.3) is 5.91 Å². The molecule has 26 heavy (non-hydrogen) atoms. The van der Waals surface area contributed by atoms with Crippen LogP contribution in [-0.4, -0.2) is 42.2 Å². The first-order valence-corrected chi connectivity index (χ1v) is 10.2. The number of carbonyl (C=O) groups is 1. The van der Waals surface area contributed by atoms with Crippen molar-refractivity contribution < 1.29 is 9.53 Å². The van der Waals surface area contributed by atoms with E-state index in [4.69, 9.17) is 4.74 Å². The van der Waals surface area contributed by atoms with Gasteiger partial charge < -0.3 is 15.0 Å². The van der Waals surface area contributed by atoms with Gasteiger partial charge in [-0.3, -0.25) is 4.79 Å². The number of carbonyl (C=O) groups excluding carboxylic acids is 1. The molecule has 3 fully saturated rings. The van der Waals surface area contributed by atoms with E-state index in [0.717, 1.165) is 42.2 Å². The number of nitrogens with one attached hydrogen (secondary N) is 1. The van der Waals surface area contributed by atoms with Gasteiger partial charge in [0, 0.05) is 37.7 Å². The van der Waals surface area contributed by atoms with Gasteiger partial charge in [0.2, 0.25) is 0 Å². The molecule has 0 radical (unpaired) electrons. The maximum atomic E-state index is 12.5. The van der Waals surface area contributed by atoms with Crippen LogP contribution in [-0.2, 0) is 4.74 Å². The van der Waals surface area contributed by atoms with Crippen molar-refractivity contribution in [1.82, 2.24) is 10.3 Å². The van der Waals surface area contributed by atoms with Crippen LogP contribution in [0.2, 0.25) is 0 Å². The van der Waals surface area contributed by atoms with E-state index in [-0.39, 0.29) is 17.6 Å². The average Bonchev–Trinajstić information content (AvgIpc) is 3.40. The molecule has 0 aliphatic carbocycles. The van der Waals surface area contributed by atoms with Crippen LogP contribution in [0.25, 0.3) is 0 Å². The van der Waals surface area contributed by atoms with Crippen molar-refractivity contribution in [2.45, 2.75) is 31.5 Å². The minimum atomic E-state index is -0.0452. The van der Waals surface area contributed by atoms with Gasteiger partial charge in [0.05, 0.1) is 16.6 Å². The summed E-state index contributed by atoms with van der Waals surface area (Å²) in [6.45, 7) is 4.57. The predicted octanol–water partition coefficient (Wildman–Crippen LogP) is 2.87. The molecule has 4 atom stereocenters. The molecule has 0 aromatic carbocycles. The standard InChI is InChI=1S/C20H23N3O2S/c1-13-6-9-26-18(13)19(24)22-10-14-15-11-23(17-4-2-3-8-21-17)12-20(15)7-5-16(14)25-20/h2-4,6,8-9,14-16H,5,7,10-12H2,1H3,(H,22,24)/t14-,15+,16+,20+/m0/s1. The molecular weight excluding hydrogens is 346 g/mol. The summed E-state index contributed by atoms with van der Waals surface area (Å²) in [4.78, 5) is 20.2. The summed E-state index contributed by atoms with van der Waals surface area (Å²) >= 11 is 1.51. The zero-order chi connectivity index (χ0) is 17.7. The highest BCUT2D eigenvalue weighted by atomic mass is 32.1. The minimum Gasteiger partial charge on any atom is -0.369 e. The number of rotatable bonds is 4. The molecule has 2 aromatic heterocycles. The van der Waals surface area contributed by atoms with Gasteiger partial charge in [0.1, 0.15) is 5.82 Å². The van der Waals surface area contributed by atoms with Crippen LogP contribution in [0, 0.1) is 18.8 Å². The number of amides is 1. The highest BCUT2D eigenvalue weighted by molar-refractivity contribution is 7.12. The Balaban J connectivity index is 1.30. The first-order chi connectivity index (χ1) is 12.7. The summed E-state index contributed by atoms with van der Waals surface area (Å²) in [7, 11) is 0. The number of nitrogens with zero attached hydrogens (tertiary/aromatic N) is 2. The SMILES string of the molecule is Cc1ccsc1C(=O)NC[C@H]1[C@H]2CN(c3ccccn3)C[C@]23CC[C@H]1O3. The van der Waals surface area contributed by atoms with E-state index in [1.165, 1.54) is 11.3 Å². The largest absolute Gasteiger partial charge is 0.369 e. The second kappa shape index (κ2) is 6.06. The second-order valence-corrected chi connectivity index (χ2v) is 8.66. The number of aromatic nitrogens is 1. The Kier molecular flexibility index (Phi) is 3.79. The van der Waals surface area contributed by atoms with Crippen molar-refractivity contribution >= 4 is 23.1 Å². The first kappa shape index (κ1) is 16.3. The number of anilines is 1. The lowest BCUT2D eigenvalue weighted by atomic mass is 9.73. The lowest BCUT2D eigenvalue weighted by Crippen LogP contribution is -2.41. The summed E-state index contributed by atoms with van der Waals surface area (Å²) in [6, 6.07) is 8.05. The molecule has 1 amide bonds. The number of hydrogen-bond acceptors (Lipinski definition) is 5. The van der Waals surface area contributed by atoms with Crippen molar-refractivity contribution in [3.63, 3.8) is 0 Å². The third kappa shape index (κ3) is 2.47. The molecule has 3 aliphatic rings. The molecule has 3 saturated heterocycles. The topological polar surface area (TPSA) is 54.5 Å². The maximum absolute atomic E-state index is 12.5. The summed E-state index contributed by atoms with van der Waals surface area (Å²) < 4.78 is 6.48. The van der Waals surface area contributed by atoms with E-state index in [1.54, 1.807) is 0 Å². The van der Waals surface area contributed by atoms with E-state index in [0.29, 0.717) is 18.4 Å². The van der Waals surface area contributed by atoms with Crippen LogP contribution in [0.1, 0.15) is 28.1 Å². The molecule has 0 saturated carbocycles. The molecule has 1 N–H and O–H groups in total. The van der Waals surface area contributed by atoms with E-state index >= 15 is 0 Å². The lowest BCUT2D eigenvalue weighted by molar-refractivity contribution is 0.0141. The Bertz CT molecular complexity index is 823. The van der Waals surface area contributed by atoms with Gasteiger partial charge in [0.15, 0.2) is 0 Å². The number of pyridine rings is 1. The number of hydrogen-bond donors (Lipinski definition) is 1. The highest BCUT2D eigenvalue weighted by Gasteiger charge is 2.63. The zero-order valence-corrected chi connectivity index (χ0v) is 15.7. The van der Waals surface area contributed by atoms with Crippen LogP contribution in [0.4, 0.5) is 5.82 Å². The molecule has 5 heterocycles. The van der Waals surface area contributed by atoms with E-state index in [9.17, 15) is 4.79 Å². The van der Waals surface area contributed by atoms with E-state index < -0.39 is 0 Å². The Hall–Kier alpha value is -1.92. The number of aryl methyl sites for hydroxylation is 1. The van der Waals surface area contributed by atoms with Crippen LogP contribution >= 0.6 is 11.3 Å². The normalized spacial score (nSPS) is 32.0. The van der Waals surface area contributed by atoms with Crippen molar-refractivity contribution in [3.05, 3.63) is 46.3 Å². The molecule has 5 rings (SSSR count). The molecule has 2 bridgehead atoms. The highest BCUT2D eigenvalue weighted by Crippen LogP contribution is 2.55. The lowest BCUT2D eigenvalue weighted by Gasteiger charge is -2.29. The van der Waals surface area contributed by atoms with Crippen LogP contribution < -0.4 is 10.2 Å². The van der Waals surface area contributed by atoms with Gasteiger partial charge in [-0.25, -0.2) is 4.98 Å². The fourth-order valence-corrected chi connectivity index (χ4v) is 5.92. The molecule has 1 spiro atoms. The Morgan fingerprint density at radius 3 is 3.15 bits per heavy atom. The van der Waals surface area contributed by atoms with Crippen molar-refractivity contribution in [1.29, 1.82) is 0 Å². The molecular formula is C20H23N3O2S. The van der Waals surface area contributed by atoms with E-state index in [2.05, 4.69) is 21.3 Å². The second-order valence-electron chi connectivity index (χ2n) is 7.74. The van der Waals surface area contributed by atoms with Gasteiger partial charge in [-0.2, -0.15) is 0 Å². The number of ether oxygens (including phenoxy) is 1. The molecule has 5 nitrogen and oxygen atoms in total. The quantitative estimate of drug-likeness (QED) is 0.900. The summed E-state index contributed by atoms with van der Waals surface area (Å²) in [5.41, 5.74) is 1.01. The minimum absolute atomic E-state index is 0.0452.